The lowest BCUT2D eigenvalue weighted by molar-refractivity contribution is -0.149. The van der Waals surface area contributed by atoms with Gasteiger partial charge in [-0.2, -0.15) is 10.4 Å². The molecule has 4 rings (SSSR count). The largest absolute Gasteiger partial charge is 0.381 e. The van der Waals surface area contributed by atoms with Crippen molar-refractivity contribution in [2.24, 2.45) is 0 Å². The summed E-state index contributed by atoms with van der Waals surface area (Å²) < 4.78 is 7.43. The van der Waals surface area contributed by atoms with Crippen molar-refractivity contribution in [1.29, 1.82) is 5.26 Å². The molecule has 1 aliphatic heterocycles. The third kappa shape index (κ3) is 6.92. The van der Waals surface area contributed by atoms with Crippen LogP contribution in [0.1, 0.15) is 43.9 Å². The molecule has 1 amide bonds. The van der Waals surface area contributed by atoms with Crippen molar-refractivity contribution < 1.29 is 14.6 Å². The summed E-state index contributed by atoms with van der Waals surface area (Å²) in [6.45, 7) is 7.23. The van der Waals surface area contributed by atoms with Crippen LogP contribution < -0.4 is 10.6 Å². The van der Waals surface area contributed by atoms with E-state index in [-0.39, 0.29) is 18.5 Å². The number of hydrogen-bond acceptors (Lipinski definition) is 9. The van der Waals surface area contributed by atoms with Gasteiger partial charge in [0, 0.05) is 31.0 Å². The lowest BCUT2D eigenvalue weighted by Crippen LogP contribution is -2.48. The van der Waals surface area contributed by atoms with Crippen molar-refractivity contribution in [1.82, 2.24) is 30.0 Å². The van der Waals surface area contributed by atoms with Crippen LogP contribution in [0, 0.1) is 18.3 Å². The zero-order valence-corrected chi connectivity index (χ0v) is 22.0. The minimum absolute atomic E-state index is 0.176. The van der Waals surface area contributed by atoms with E-state index in [1.165, 1.54) is 13.8 Å². The maximum Gasteiger partial charge on any atom is 0.253 e. The van der Waals surface area contributed by atoms with Crippen LogP contribution in [0.3, 0.4) is 0 Å². The third-order valence-electron chi connectivity index (χ3n) is 6.38. The Bertz CT molecular complexity index is 1270. The van der Waals surface area contributed by atoms with Gasteiger partial charge in [0.15, 0.2) is 0 Å². The Balaban J connectivity index is 1.36. The summed E-state index contributed by atoms with van der Waals surface area (Å²) in [6.07, 6.45) is 7.01. The molecule has 11 heteroatoms. The van der Waals surface area contributed by atoms with Gasteiger partial charge in [0.2, 0.25) is 5.95 Å². The Hall–Kier alpha value is -3.85. The monoisotopic (exact) mass is 518 g/mol. The van der Waals surface area contributed by atoms with Crippen molar-refractivity contribution in [3.05, 3.63) is 54.0 Å². The summed E-state index contributed by atoms with van der Waals surface area (Å²) in [4.78, 5) is 23.2. The molecule has 38 heavy (non-hydrogen) atoms. The summed E-state index contributed by atoms with van der Waals surface area (Å²) in [5.74, 6) is 0.241. The van der Waals surface area contributed by atoms with Gasteiger partial charge in [-0.1, -0.05) is 24.3 Å². The number of likely N-dealkylation sites (tertiary alicyclic amines) is 1. The number of piperidine rings is 1. The highest BCUT2D eigenvalue weighted by Gasteiger charge is 2.32. The Morgan fingerprint density at radius 3 is 2.66 bits per heavy atom. The predicted molar refractivity (Wildman–Crippen MR) is 142 cm³/mol. The van der Waals surface area contributed by atoms with Crippen molar-refractivity contribution >= 4 is 17.5 Å². The fraction of sp³-hybridized carbons (Fsp3) is 0.444. The quantitative estimate of drug-likeness (QED) is 0.210. The molecular formula is C27H34N8O3. The van der Waals surface area contributed by atoms with E-state index in [2.05, 4.69) is 20.7 Å². The van der Waals surface area contributed by atoms with Gasteiger partial charge in [-0.3, -0.25) is 14.8 Å². The van der Waals surface area contributed by atoms with Crippen LogP contribution in [0.4, 0.5) is 11.6 Å². The van der Waals surface area contributed by atoms with Crippen LogP contribution in [-0.2, 0) is 16.1 Å². The van der Waals surface area contributed by atoms with E-state index in [1.54, 1.807) is 17.3 Å². The molecule has 0 unspecified atom stereocenters. The topological polar surface area (TPSA) is 141 Å². The molecule has 0 saturated carbocycles. The van der Waals surface area contributed by atoms with Gasteiger partial charge in [-0.15, -0.1) is 0 Å². The second-order valence-corrected chi connectivity index (χ2v) is 9.92. The molecule has 200 valence electrons. The smallest absolute Gasteiger partial charge is 0.253 e. The van der Waals surface area contributed by atoms with Gasteiger partial charge in [0.25, 0.3) is 5.91 Å². The Morgan fingerprint density at radius 2 is 1.97 bits per heavy atom. The molecule has 1 saturated heterocycles. The first-order chi connectivity index (χ1) is 18.2. The number of aliphatic hydroxyl groups is 1. The molecule has 3 aromatic rings. The maximum atomic E-state index is 12.3. The average Bonchev–Trinajstić information content (AvgIpc) is 3.38. The number of benzene rings is 1. The standard InChI is InChI=1S/C27H34N8O3/c1-19-14-30-26(33-24(19)21-6-4-20(5-7-21)17-38-18-29-11-10-28)32-22-15-31-35(16-22)23-8-12-34(13-9-23)25(36)27(2,3)37/h4-7,14-16,23,29,37H,8-9,11-13,17-18H2,1-3H3,(H,30,32,33). The highest BCUT2D eigenvalue weighted by Crippen LogP contribution is 2.27. The number of nitrogens with one attached hydrogen (secondary N) is 2. The van der Waals surface area contributed by atoms with E-state index in [1.807, 2.05) is 48.1 Å². The van der Waals surface area contributed by atoms with E-state index in [0.29, 0.717) is 32.4 Å². The molecule has 0 spiro atoms. The second kappa shape index (κ2) is 12.1. The molecule has 0 atom stereocenters. The summed E-state index contributed by atoms with van der Waals surface area (Å²) in [5, 5.41) is 29.2. The first-order valence-electron chi connectivity index (χ1n) is 12.7. The van der Waals surface area contributed by atoms with E-state index in [0.717, 1.165) is 40.9 Å². The number of aryl methyl sites for hydroxylation is 1. The first kappa shape index (κ1) is 27.2. The number of carbonyl (C=O) groups excluding carboxylic acids is 1. The van der Waals surface area contributed by atoms with Gasteiger partial charge < -0.3 is 20.1 Å². The molecule has 3 heterocycles. The fourth-order valence-electron chi connectivity index (χ4n) is 4.35. The molecule has 0 radical (unpaired) electrons. The number of ether oxygens (including phenoxy) is 1. The van der Waals surface area contributed by atoms with Crippen LogP contribution in [-0.4, -0.2) is 67.6 Å². The van der Waals surface area contributed by atoms with Gasteiger partial charge in [0.05, 0.1) is 49.6 Å². The highest BCUT2D eigenvalue weighted by atomic mass is 16.5. The predicted octanol–water partition coefficient (Wildman–Crippen LogP) is 2.91. The van der Waals surface area contributed by atoms with E-state index in [4.69, 9.17) is 15.0 Å². The summed E-state index contributed by atoms with van der Waals surface area (Å²) >= 11 is 0. The first-order valence-corrected chi connectivity index (χ1v) is 12.7. The molecule has 1 fully saturated rings. The number of rotatable bonds is 10. The number of anilines is 2. The fourth-order valence-corrected chi connectivity index (χ4v) is 4.35. The molecular weight excluding hydrogens is 484 g/mol. The Morgan fingerprint density at radius 1 is 1.24 bits per heavy atom. The van der Waals surface area contributed by atoms with Crippen LogP contribution >= 0.6 is 0 Å². The van der Waals surface area contributed by atoms with E-state index in [9.17, 15) is 9.90 Å². The van der Waals surface area contributed by atoms with Crippen LogP contribution in [0.15, 0.2) is 42.9 Å². The number of aromatic nitrogens is 4. The minimum atomic E-state index is -1.35. The molecule has 2 aromatic heterocycles. The molecule has 0 aliphatic carbocycles. The zero-order valence-electron chi connectivity index (χ0n) is 22.0. The van der Waals surface area contributed by atoms with Crippen LogP contribution in [0.5, 0.6) is 0 Å². The van der Waals surface area contributed by atoms with Gasteiger partial charge in [-0.05, 0) is 44.7 Å². The minimum Gasteiger partial charge on any atom is -0.381 e. The van der Waals surface area contributed by atoms with Gasteiger partial charge in [0.1, 0.15) is 5.60 Å². The molecule has 0 bridgehead atoms. The normalized spacial score (nSPS) is 14.3. The van der Waals surface area contributed by atoms with Crippen molar-refractivity contribution in [3.8, 4) is 17.3 Å². The lowest BCUT2D eigenvalue weighted by atomic mass is 10.0. The van der Waals surface area contributed by atoms with E-state index < -0.39 is 5.60 Å². The van der Waals surface area contributed by atoms with Crippen molar-refractivity contribution in [2.75, 3.05) is 31.7 Å². The van der Waals surface area contributed by atoms with Crippen LogP contribution in [0.2, 0.25) is 0 Å². The van der Waals surface area contributed by atoms with Crippen LogP contribution in [0.25, 0.3) is 11.3 Å². The lowest BCUT2D eigenvalue weighted by Gasteiger charge is -2.35. The molecule has 11 nitrogen and oxygen atoms in total. The summed E-state index contributed by atoms with van der Waals surface area (Å²) in [7, 11) is 0. The molecule has 1 aromatic carbocycles. The number of nitrogens with zero attached hydrogens (tertiary/aromatic N) is 6. The summed E-state index contributed by atoms with van der Waals surface area (Å²) in [5.41, 5.74) is 3.23. The third-order valence-corrected chi connectivity index (χ3v) is 6.38. The SMILES string of the molecule is Cc1cnc(Nc2cnn(C3CCN(C(=O)C(C)(C)O)CC3)c2)nc1-c1ccc(COCNCC#N)cc1. The Kier molecular flexibility index (Phi) is 8.68. The highest BCUT2D eigenvalue weighted by molar-refractivity contribution is 5.84. The number of hydrogen-bond donors (Lipinski definition) is 3. The number of nitriles is 1. The van der Waals surface area contributed by atoms with Crippen molar-refractivity contribution in [2.45, 2.75) is 51.9 Å². The second-order valence-electron chi connectivity index (χ2n) is 9.92. The zero-order chi connectivity index (χ0) is 27.1. The van der Waals surface area contributed by atoms with Gasteiger partial charge in [-0.25, -0.2) is 9.97 Å². The Labute approximate surface area is 222 Å². The number of carbonyl (C=O) groups is 1. The van der Waals surface area contributed by atoms with Crippen molar-refractivity contribution in [3.63, 3.8) is 0 Å². The maximum absolute atomic E-state index is 12.3. The summed E-state index contributed by atoms with van der Waals surface area (Å²) in [6, 6.07) is 10.2. The van der Waals surface area contributed by atoms with Gasteiger partial charge >= 0.3 is 0 Å². The van der Waals surface area contributed by atoms with E-state index >= 15 is 0 Å². The number of amides is 1. The molecule has 1 aliphatic rings. The average molecular weight is 519 g/mol. The molecule has 3 N–H and O–H groups in total.